The fraction of sp³-hybridized carbons (Fsp3) is 0.133. The molecule has 2 aromatic carbocycles. The molecule has 0 atom stereocenters. The van der Waals surface area contributed by atoms with Gasteiger partial charge in [0.05, 0.1) is 10.5 Å². The van der Waals surface area contributed by atoms with Gasteiger partial charge in [0.1, 0.15) is 18.2 Å². The van der Waals surface area contributed by atoms with E-state index in [0.717, 1.165) is 18.2 Å². The molecule has 8 heteroatoms. The van der Waals surface area contributed by atoms with Crippen LogP contribution in [-0.2, 0) is 21.4 Å². The molecule has 2 rings (SSSR count). The molecule has 0 unspecified atom stereocenters. The van der Waals surface area contributed by atoms with Gasteiger partial charge in [0.2, 0.25) is 10.0 Å². The molecule has 0 aliphatic heterocycles. The van der Waals surface area contributed by atoms with E-state index in [1.54, 1.807) is 0 Å². The highest BCUT2D eigenvalue weighted by Gasteiger charge is 2.19. The first-order chi connectivity index (χ1) is 10.8. The molecule has 1 N–H and O–H groups in total. The summed E-state index contributed by atoms with van der Waals surface area (Å²) >= 11 is 0. The summed E-state index contributed by atoms with van der Waals surface area (Å²) in [5, 5.41) is 0. The van der Waals surface area contributed by atoms with Crippen LogP contribution in [0.25, 0.3) is 0 Å². The van der Waals surface area contributed by atoms with Crippen LogP contribution < -0.4 is 4.72 Å². The average Bonchev–Trinajstić information content (AvgIpc) is 2.54. The number of hydrogen-bond acceptors (Lipinski definition) is 4. The second-order valence-electron chi connectivity index (χ2n) is 4.55. The van der Waals surface area contributed by atoms with E-state index in [1.807, 2.05) is 0 Å². The van der Waals surface area contributed by atoms with Gasteiger partial charge in [-0.15, -0.1) is 0 Å². The van der Waals surface area contributed by atoms with Crippen molar-refractivity contribution in [1.29, 1.82) is 0 Å². The molecule has 0 bridgehead atoms. The Morgan fingerprint density at radius 3 is 2.39 bits per heavy atom. The lowest BCUT2D eigenvalue weighted by atomic mass is 10.2. The minimum atomic E-state index is -3.81. The first kappa shape index (κ1) is 17.0. The van der Waals surface area contributed by atoms with E-state index in [-0.39, 0.29) is 11.5 Å². The number of hydrogen-bond donors (Lipinski definition) is 1. The summed E-state index contributed by atoms with van der Waals surface area (Å²) in [5.74, 6) is -2.35. The van der Waals surface area contributed by atoms with Crippen LogP contribution in [0.2, 0.25) is 0 Å². The molecule has 5 nitrogen and oxygen atoms in total. The van der Waals surface area contributed by atoms with Gasteiger partial charge in [-0.2, -0.15) is 0 Å². The van der Waals surface area contributed by atoms with Gasteiger partial charge in [-0.1, -0.05) is 12.1 Å². The molecule has 0 aromatic heterocycles. The monoisotopic (exact) mass is 341 g/mol. The standard InChI is InChI=1S/C15H13F2NO4S/c1-18-23(20,21)12-6-7-14(17)13(8-12)15(19)22-9-10-2-4-11(16)5-3-10/h2-8,18H,9H2,1H3. The Hall–Kier alpha value is -2.32. The van der Waals surface area contributed by atoms with E-state index in [4.69, 9.17) is 4.74 Å². The molecule has 0 saturated heterocycles. The maximum absolute atomic E-state index is 13.7. The average molecular weight is 341 g/mol. The van der Waals surface area contributed by atoms with Crippen molar-refractivity contribution >= 4 is 16.0 Å². The van der Waals surface area contributed by atoms with Crippen LogP contribution in [-0.4, -0.2) is 21.4 Å². The molecular formula is C15H13F2NO4S. The Labute approximate surface area is 132 Å². The Kier molecular flexibility index (Phi) is 5.07. The summed E-state index contributed by atoms with van der Waals surface area (Å²) in [4.78, 5) is 11.7. The summed E-state index contributed by atoms with van der Waals surface area (Å²) in [6, 6.07) is 8.04. The van der Waals surface area contributed by atoms with Crippen molar-refractivity contribution in [2.75, 3.05) is 7.05 Å². The summed E-state index contributed by atoms with van der Waals surface area (Å²) in [7, 11) is -2.61. The van der Waals surface area contributed by atoms with Gasteiger partial charge in [0, 0.05) is 0 Å². The number of ether oxygens (including phenoxy) is 1. The topological polar surface area (TPSA) is 72.5 Å². The lowest BCUT2D eigenvalue weighted by Crippen LogP contribution is -2.19. The van der Waals surface area contributed by atoms with Crippen molar-refractivity contribution in [2.24, 2.45) is 0 Å². The Morgan fingerprint density at radius 1 is 1.13 bits per heavy atom. The van der Waals surface area contributed by atoms with Gasteiger partial charge >= 0.3 is 5.97 Å². The Bertz CT molecular complexity index is 820. The second kappa shape index (κ2) is 6.84. The molecule has 0 aliphatic rings. The smallest absolute Gasteiger partial charge is 0.341 e. The third-order valence-corrected chi connectivity index (χ3v) is 4.43. The maximum atomic E-state index is 13.7. The van der Waals surface area contributed by atoms with E-state index in [9.17, 15) is 22.0 Å². The molecule has 0 aliphatic carbocycles. The number of benzene rings is 2. The predicted octanol–water partition coefficient (Wildman–Crippen LogP) is 2.23. The number of carbonyl (C=O) groups is 1. The van der Waals surface area contributed by atoms with E-state index in [0.29, 0.717) is 5.56 Å². The van der Waals surface area contributed by atoms with Crippen LogP contribution in [0.4, 0.5) is 8.78 Å². The highest BCUT2D eigenvalue weighted by molar-refractivity contribution is 7.89. The highest BCUT2D eigenvalue weighted by atomic mass is 32.2. The van der Waals surface area contributed by atoms with E-state index in [1.165, 1.54) is 31.3 Å². The first-order valence-corrected chi connectivity index (χ1v) is 7.96. The van der Waals surface area contributed by atoms with Crippen LogP contribution >= 0.6 is 0 Å². The zero-order valence-corrected chi connectivity index (χ0v) is 12.9. The van der Waals surface area contributed by atoms with E-state index >= 15 is 0 Å². The Balaban J connectivity index is 2.18. The van der Waals surface area contributed by atoms with Gasteiger partial charge in [0.25, 0.3) is 0 Å². The maximum Gasteiger partial charge on any atom is 0.341 e. The van der Waals surface area contributed by atoms with Gasteiger partial charge < -0.3 is 4.74 Å². The summed E-state index contributed by atoms with van der Waals surface area (Å²) in [6.45, 7) is -0.193. The highest BCUT2D eigenvalue weighted by Crippen LogP contribution is 2.16. The van der Waals surface area contributed by atoms with E-state index in [2.05, 4.69) is 4.72 Å². The molecule has 122 valence electrons. The van der Waals surface area contributed by atoms with Crippen molar-refractivity contribution in [2.45, 2.75) is 11.5 Å². The normalized spacial score (nSPS) is 11.3. The summed E-state index contributed by atoms with van der Waals surface area (Å²) in [5.41, 5.74) is 0.0163. The van der Waals surface area contributed by atoms with E-state index < -0.39 is 33.2 Å². The molecule has 0 spiro atoms. The van der Waals surface area contributed by atoms with Gasteiger partial charge in [-0.3, -0.25) is 0 Å². The minimum absolute atomic E-state index is 0.193. The van der Waals surface area contributed by atoms with Crippen LogP contribution in [0.15, 0.2) is 47.4 Å². The van der Waals surface area contributed by atoms with Gasteiger partial charge in [0.15, 0.2) is 0 Å². The molecule has 23 heavy (non-hydrogen) atoms. The largest absolute Gasteiger partial charge is 0.457 e. The molecule has 0 amide bonds. The fourth-order valence-electron chi connectivity index (χ4n) is 1.75. The van der Waals surface area contributed by atoms with Crippen LogP contribution in [0.5, 0.6) is 0 Å². The molecule has 0 heterocycles. The minimum Gasteiger partial charge on any atom is -0.457 e. The van der Waals surface area contributed by atoms with Crippen LogP contribution in [0.1, 0.15) is 15.9 Å². The molecule has 0 saturated carbocycles. The number of nitrogens with one attached hydrogen (secondary N) is 1. The van der Waals surface area contributed by atoms with Crippen molar-refractivity contribution in [3.05, 3.63) is 65.2 Å². The van der Waals surface area contributed by atoms with Gasteiger partial charge in [-0.25, -0.2) is 26.7 Å². The number of rotatable bonds is 5. The van der Waals surface area contributed by atoms with Crippen molar-refractivity contribution in [1.82, 2.24) is 4.72 Å². The number of sulfonamides is 1. The van der Waals surface area contributed by atoms with Crippen LogP contribution in [0, 0.1) is 11.6 Å². The van der Waals surface area contributed by atoms with Crippen molar-refractivity contribution in [3.63, 3.8) is 0 Å². The summed E-state index contributed by atoms with van der Waals surface area (Å²) in [6.07, 6.45) is 0. The fourth-order valence-corrected chi connectivity index (χ4v) is 2.51. The zero-order chi connectivity index (χ0) is 17.0. The molecule has 0 fully saturated rings. The first-order valence-electron chi connectivity index (χ1n) is 6.48. The quantitative estimate of drug-likeness (QED) is 0.847. The number of halogens is 2. The predicted molar refractivity (Wildman–Crippen MR) is 78.2 cm³/mol. The van der Waals surface area contributed by atoms with Gasteiger partial charge in [-0.05, 0) is 42.9 Å². The van der Waals surface area contributed by atoms with Crippen molar-refractivity contribution < 1.29 is 26.7 Å². The molecular weight excluding hydrogens is 328 g/mol. The lowest BCUT2D eigenvalue weighted by molar-refractivity contribution is 0.0467. The lowest BCUT2D eigenvalue weighted by Gasteiger charge is -2.08. The SMILES string of the molecule is CNS(=O)(=O)c1ccc(F)c(C(=O)OCc2ccc(F)cc2)c1. The van der Waals surface area contributed by atoms with Crippen molar-refractivity contribution in [3.8, 4) is 0 Å². The second-order valence-corrected chi connectivity index (χ2v) is 6.44. The molecule has 2 aromatic rings. The zero-order valence-electron chi connectivity index (χ0n) is 12.0. The number of esters is 1. The number of carbonyl (C=O) groups excluding carboxylic acids is 1. The molecule has 0 radical (unpaired) electrons. The third kappa shape index (κ3) is 4.11. The Morgan fingerprint density at radius 2 is 1.78 bits per heavy atom. The summed E-state index contributed by atoms with van der Waals surface area (Å²) < 4.78 is 56.8. The third-order valence-electron chi connectivity index (χ3n) is 3.02. The van der Waals surface area contributed by atoms with Crippen LogP contribution in [0.3, 0.4) is 0 Å².